The third-order valence-electron chi connectivity index (χ3n) is 5.47. The van der Waals surface area contributed by atoms with E-state index < -0.39 is 5.60 Å². The highest BCUT2D eigenvalue weighted by molar-refractivity contribution is 6.07. The number of anilines is 1. The fraction of sp³-hybridized carbons (Fsp3) is 0.348. The highest BCUT2D eigenvalue weighted by Gasteiger charge is 2.26. The smallest absolute Gasteiger partial charge is 0.255 e. The van der Waals surface area contributed by atoms with Gasteiger partial charge in [0.15, 0.2) is 0 Å². The van der Waals surface area contributed by atoms with Crippen molar-refractivity contribution in [3.8, 4) is 17.7 Å². The molecular formula is C23H25N5O2. The Labute approximate surface area is 175 Å². The molecule has 0 atom stereocenters. The van der Waals surface area contributed by atoms with Gasteiger partial charge in [-0.05, 0) is 43.9 Å². The lowest BCUT2D eigenvalue weighted by molar-refractivity contribution is 0.0610. The van der Waals surface area contributed by atoms with Gasteiger partial charge in [0, 0.05) is 37.4 Å². The largest absolute Gasteiger partial charge is 0.378 e. The predicted molar refractivity (Wildman–Crippen MR) is 116 cm³/mol. The van der Waals surface area contributed by atoms with Crippen LogP contribution in [0.1, 0.15) is 48.0 Å². The molecule has 3 aromatic rings. The quantitative estimate of drug-likeness (QED) is 0.641. The second-order valence-corrected chi connectivity index (χ2v) is 7.96. The van der Waals surface area contributed by atoms with Gasteiger partial charge in [0.25, 0.3) is 5.91 Å². The van der Waals surface area contributed by atoms with Crippen molar-refractivity contribution < 1.29 is 9.90 Å². The molecule has 0 unspecified atom stereocenters. The van der Waals surface area contributed by atoms with Crippen molar-refractivity contribution in [2.45, 2.75) is 37.7 Å². The van der Waals surface area contributed by atoms with Crippen LogP contribution in [0.4, 0.5) is 5.95 Å². The summed E-state index contributed by atoms with van der Waals surface area (Å²) in [6, 6.07) is 7.43. The lowest BCUT2D eigenvalue weighted by atomic mass is 9.85. The molecule has 30 heavy (non-hydrogen) atoms. The number of amides is 1. The van der Waals surface area contributed by atoms with E-state index in [1.165, 1.54) is 0 Å². The van der Waals surface area contributed by atoms with Crippen LogP contribution in [0.2, 0.25) is 0 Å². The Kier molecular flexibility index (Phi) is 5.18. The number of nitrogens with zero attached hydrogens (tertiary/aromatic N) is 4. The molecule has 1 saturated carbocycles. The minimum Gasteiger partial charge on any atom is -0.378 e. The van der Waals surface area contributed by atoms with Crippen LogP contribution in [0.5, 0.6) is 0 Å². The number of nitrogens with two attached hydrogens (primary N) is 1. The summed E-state index contributed by atoms with van der Waals surface area (Å²) in [5.74, 6) is 6.83. The minimum absolute atomic E-state index is 0.101. The monoisotopic (exact) mass is 403 g/mol. The van der Waals surface area contributed by atoms with Gasteiger partial charge in [-0.1, -0.05) is 24.3 Å². The third-order valence-corrected chi connectivity index (χ3v) is 5.47. The Bertz CT molecular complexity index is 1160. The molecule has 7 heteroatoms. The third kappa shape index (κ3) is 3.87. The van der Waals surface area contributed by atoms with Gasteiger partial charge in [-0.25, -0.2) is 4.98 Å². The van der Waals surface area contributed by atoms with E-state index >= 15 is 0 Å². The zero-order valence-corrected chi connectivity index (χ0v) is 17.2. The van der Waals surface area contributed by atoms with E-state index in [-0.39, 0.29) is 11.9 Å². The number of aromatic nitrogens is 3. The van der Waals surface area contributed by atoms with Gasteiger partial charge in [-0.2, -0.15) is 4.98 Å². The number of nitrogen functional groups attached to an aromatic ring is 1. The SMILES string of the molecule is CN(C)C(=O)c1cn(-c2ccnc(N)n2)c2cc(C#CC3(O)CCCCC3)ccc12. The summed E-state index contributed by atoms with van der Waals surface area (Å²) in [6.07, 6.45) is 7.91. The predicted octanol–water partition coefficient (Wildman–Crippen LogP) is 2.75. The molecule has 2 heterocycles. The fourth-order valence-corrected chi connectivity index (χ4v) is 3.85. The molecule has 0 spiro atoms. The summed E-state index contributed by atoms with van der Waals surface area (Å²) >= 11 is 0. The second kappa shape index (κ2) is 7.81. The fourth-order valence-electron chi connectivity index (χ4n) is 3.85. The maximum Gasteiger partial charge on any atom is 0.255 e. The zero-order chi connectivity index (χ0) is 21.3. The highest BCUT2D eigenvalue weighted by Crippen LogP contribution is 2.29. The van der Waals surface area contributed by atoms with Gasteiger partial charge in [-0.15, -0.1) is 0 Å². The first-order valence-electron chi connectivity index (χ1n) is 10.1. The number of carbonyl (C=O) groups excluding carboxylic acids is 1. The summed E-state index contributed by atoms with van der Waals surface area (Å²) < 4.78 is 1.82. The first kappa shape index (κ1) is 19.9. The molecule has 3 N–H and O–H groups in total. The van der Waals surface area contributed by atoms with E-state index in [1.54, 1.807) is 37.5 Å². The highest BCUT2D eigenvalue weighted by atomic mass is 16.3. The standard InChI is InChI=1S/C23H25N5O2/c1-27(2)21(29)18-15-28(20-9-13-25-22(24)26-20)19-14-16(6-7-17(18)19)8-12-23(30)10-4-3-5-11-23/h6-7,9,13-15,30H,3-5,10-11H2,1-2H3,(H2,24,25,26). The molecule has 1 aliphatic carbocycles. The number of aliphatic hydroxyl groups is 1. The lowest BCUT2D eigenvalue weighted by Gasteiger charge is -2.26. The van der Waals surface area contributed by atoms with Gasteiger partial charge < -0.3 is 20.3 Å². The van der Waals surface area contributed by atoms with Gasteiger partial charge >= 0.3 is 0 Å². The van der Waals surface area contributed by atoms with E-state index in [1.807, 2.05) is 22.8 Å². The molecule has 1 aliphatic rings. The Hall–Kier alpha value is -3.37. The van der Waals surface area contributed by atoms with Crippen LogP contribution in [-0.2, 0) is 0 Å². The average molecular weight is 403 g/mol. The van der Waals surface area contributed by atoms with Crippen LogP contribution < -0.4 is 5.73 Å². The van der Waals surface area contributed by atoms with Gasteiger partial charge in [0.2, 0.25) is 5.95 Å². The Morgan fingerprint density at radius 1 is 1.23 bits per heavy atom. The second-order valence-electron chi connectivity index (χ2n) is 7.96. The molecule has 1 fully saturated rings. The van der Waals surface area contributed by atoms with Crippen molar-refractivity contribution in [1.29, 1.82) is 0 Å². The number of fused-ring (bicyclic) bond motifs is 1. The summed E-state index contributed by atoms with van der Waals surface area (Å²) in [7, 11) is 3.44. The van der Waals surface area contributed by atoms with Crippen LogP contribution >= 0.6 is 0 Å². The summed E-state index contributed by atoms with van der Waals surface area (Å²) in [6.45, 7) is 0. The van der Waals surface area contributed by atoms with E-state index in [0.29, 0.717) is 24.2 Å². The van der Waals surface area contributed by atoms with Crippen molar-refractivity contribution in [1.82, 2.24) is 19.4 Å². The Balaban J connectivity index is 1.84. The first-order valence-corrected chi connectivity index (χ1v) is 10.1. The number of carbonyl (C=O) groups is 1. The van der Waals surface area contributed by atoms with Gasteiger partial charge in [0.05, 0.1) is 11.1 Å². The van der Waals surface area contributed by atoms with Crippen molar-refractivity contribution >= 4 is 22.8 Å². The van der Waals surface area contributed by atoms with E-state index in [0.717, 1.165) is 35.7 Å². The van der Waals surface area contributed by atoms with E-state index in [4.69, 9.17) is 5.73 Å². The molecule has 0 radical (unpaired) electrons. The Morgan fingerprint density at radius 2 is 2.00 bits per heavy atom. The first-order chi connectivity index (χ1) is 14.4. The van der Waals surface area contributed by atoms with Crippen molar-refractivity contribution in [3.05, 3.63) is 47.8 Å². The number of hydrogen-bond donors (Lipinski definition) is 2. The summed E-state index contributed by atoms with van der Waals surface area (Å²) in [5, 5.41) is 11.5. The molecule has 4 rings (SSSR count). The van der Waals surface area contributed by atoms with Gasteiger partial charge in [-0.3, -0.25) is 4.79 Å². The number of hydrogen-bond acceptors (Lipinski definition) is 5. The van der Waals surface area contributed by atoms with Crippen LogP contribution in [0.25, 0.3) is 16.7 Å². The van der Waals surface area contributed by atoms with Crippen molar-refractivity contribution in [3.63, 3.8) is 0 Å². The van der Waals surface area contributed by atoms with Crippen LogP contribution in [0.15, 0.2) is 36.7 Å². The van der Waals surface area contributed by atoms with E-state index in [9.17, 15) is 9.90 Å². The summed E-state index contributed by atoms with van der Waals surface area (Å²) in [4.78, 5) is 22.5. The maximum atomic E-state index is 12.7. The molecule has 154 valence electrons. The maximum absolute atomic E-state index is 12.7. The average Bonchev–Trinajstić information content (AvgIpc) is 3.11. The van der Waals surface area contributed by atoms with Crippen molar-refractivity contribution in [2.75, 3.05) is 19.8 Å². The molecule has 7 nitrogen and oxygen atoms in total. The van der Waals surface area contributed by atoms with Crippen LogP contribution in [0.3, 0.4) is 0 Å². The number of benzene rings is 1. The molecule has 0 bridgehead atoms. The molecule has 0 saturated heterocycles. The minimum atomic E-state index is -0.914. The van der Waals surface area contributed by atoms with E-state index in [2.05, 4.69) is 21.8 Å². The molecule has 1 aromatic carbocycles. The van der Waals surface area contributed by atoms with Crippen molar-refractivity contribution in [2.24, 2.45) is 0 Å². The normalized spacial score (nSPS) is 15.4. The van der Waals surface area contributed by atoms with Crippen LogP contribution in [0, 0.1) is 11.8 Å². The summed E-state index contributed by atoms with van der Waals surface area (Å²) in [5.41, 5.74) is 6.98. The van der Waals surface area contributed by atoms with Crippen LogP contribution in [-0.4, -0.2) is 50.1 Å². The molecule has 2 aromatic heterocycles. The molecule has 1 amide bonds. The Morgan fingerprint density at radius 3 is 2.70 bits per heavy atom. The topological polar surface area (TPSA) is 97.3 Å². The lowest BCUT2D eigenvalue weighted by Crippen LogP contribution is -2.29. The number of rotatable bonds is 2. The zero-order valence-electron chi connectivity index (χ0n) is 17.2. The molecular weight excluding hydrogens is 378 g/mol. The van der Waals surface area contributed by atoms with Gasteiger partial charge in [0.1, 0.15) is 11.4 Å². The molecule has 0 aliphatic heterocycles.